The van der Waals surface area contributed by atoms with E-state index in [0.29, 0.717) is 25.6 Å². The second-order valence-electron chi connectivity index (χ2n) is 5.18. The van der Waals surface area contributed by atoms with E-state index < -0.39 is 6.10 Å². The van der Waals surface area contributed by atoms with Crippen LogP contribution in [0.15, 0.2) is 0 Å². The summed E-state index contributed by atoms with van der Waals surface area (Å²) in [5.74, 6) is 0.495. The van der Waals surface area contributed by atoms with E-state index in [1.807, 2.05) is 13.8 Å². The van der Waals surface area contributed by atoms with Crippen molar-refractivity contribution in [2.45, 2.75) is 39.7 Å². The van der Waals surface area contributed by atoms with Crippen molar-refractivity contribution in [3.8, 4) is 0 Å². The molecule has 2 amide bonds. The van der Waals surface area contributed by atoms with Crippen molar-refractivity contribution in [2.75, 3.05) is 33.3 Å². The number of likely N-dealkylation sites (N-methyl/N-ethyl adjacent to an activating group) is 2. The van der Waals surface area contributed by atoms with Gasteiger partial charge in [0.15, 0.2) is 0 Å². The Morgan fingerprint density at radius 2 is 1.84 bits per heavy atom. The normalized spacial score (nSPS) is 16.0. The predicted molar refractivity (Wildman–Crippen MR) is 73.7 cm³/mol. The van der Waals surface area contributed by atoms with E-state index in [4.69, 9.17) is 4.74 Å². The SMILES string of the molecule is CCN(CC)C(=O)CN(C)C(=O)C(C)OCC1CC1. The van der Waals surface area contributed by atoms with Crippen LogP contribution in [-0.2, 0) is 14.3 Å². The Hall–Kier alpha value is -1.10. The molecule has 0 aromatic carbocycles. The summed E-state index contributed by atoms with van der Waals surface area (Å²) in [6.07, 6.45) is 1.95. The molecule has 1 fully saturated rings. The van der Waals surface area contributed by atoms with Crippen LogP contribution < -0.4 is 0 Å². The third kappa shape index (κ3) is 5.19. The molecule has 0 aliphatic heterocycles. The monoisotopic (exact) mass is 270 g/mol. The van der Waals surface area contributed by atoms with Crippen molar-refractivity contribution in [3.05, 3.63) is 0 Å². The molecular weight excluding hydrogens is 244 g/mol. The molecule has 5 heteroatoms. The van der Waals surface area contributed by atoms with Gasteiger partial charge in [-0.25, -0.2) is 0 Å². The lowest BCUT2D eigenvalue weighted by Gasteiger charge is -2.25. The smallest absolute Gasteiger partial charge is 0.251 e. The molecule has 5 nitrogen and oxygen atoms in total. The Balaban J connectivity index is 2.35. The molecule has 1 unspecified atom stereocenters. The van der Waals surface area contributed by atoms with Crippen LogP contribution in [0, 0.1) is 5.92 Å². The summed E-state index contributed by atoms with van der Waals surface area (Å²) in [7, 11) is 1.65. The number of ether oxygens (including phenoxy) is 1. The van der Waals surface area contributed by atoms with Gasteiger partial charge < -0.3 is 14.5 Å². The van der Waals surface area contributed by atoms with Crippen molar-refractivity contribution >= 4 is 11.8 Å². The highest BCUT2D eigenvalue weighted by atomic mass is 16.5. The van der Waals surface area contributed by atoms with Gasteiger partial charge in [-0.15, -0.1) is 0 Å². The van der Waals surface area contributed by atoms with Crippen LogP contribution in [0.5, 0.6) is 0 Å². The van der Waals surface area contributed by atoms with Gasteiger partial charge in [-0.05, 0) is 39.5 Å². The van der Waals surface area contributed by atoms with Gasteiger partial charge >= 0.3 is 0 Å². The van der Waals surface area contributed by atoms with Gasteiger partial charge in [-0.2, -0.15) is 0 Å². The molecule has 1 aliphatic rings. The Morgan fingerprint density at radius 3 is 2.32 bits per heavy atom. The van der Waals surface area contributed by atoms with Crippen molar-refractivity contribution < 1.29 is 14.3 Å². The van der Waals surface area contributed by atoms with Crippen LogP contribution in [0.4, 0.5) is 0 Å². The summed E-state index contributed by atoms with van der Waals surface area (Å²) in [5.41, 5.74) is 0. The molecule has 1 rings (SSSR count). The molecule has 0 aromatic rings. The third-order valence-electron chi connectivity index (χ3n) is 3.49. The standard InChI is InChI=1S/C14H26N2O3/c1-5-16(6-2)13(17)9-15(4)14(18)11(3)19-10-12-7-8-12/h11-12H,5-10H2,1-4H3. The average molecular weight is 270 g/mol. The molecular formula is C14H26N2O3. The van der Waals surface area contributed by atoms with Crippen LogP contribution in [0.3, 0.4) is 0 Å². The first-order valence-electron chi connectivity index (χ1n) is 7.13. The zero-order valence-corrected chi connectivity index (χ0v) is 12.5. The van der Waals surface area contributed by atoms with Crippen LogP contribution in [0.2, 0.25) is 0 Å². The Kier molecular flexibility index (Phi) is 6.28. The number of hydrogen-bond acceptors (Lipinski definition) is 3. The Morgan fingerprint density at radius 1 is 1.26 bits per heavy atom. The number of rotatable bonds is 8. The molecule has 1 atom stereocenters. The Bertz CT molecular complexity index is 312. The van der Waals surface area contributed by atoms with E-state index in [0.717, 1.165) is 0 Å². The number of carbonyl (C=O) groups is 2. The summed E-state index contributed by atoms with van der Waals surface area (Å²) >= 11 is 0. The fraction of sp³-hybridized carbons (Fsp3) is 0.857. The fourth-order valence-electron chi connectivity index (χ4n) is 1.90. The predicted octanol–water partition coefficient (Wildman–Crippen LogP) is 1.13. The zero-order valence-electron chi connectivity index (χ0n) is 12.5. The van der Waals surface area contributed by atoms with Gasteiger partial charge in [0, 0.05) is 20.1 Å². The molecule has 0 radical (unpaired) electrons. The number of hydrogen-bond donors (Lipinski definition) is 0. The number of nitrogens with zero attached hydrogens (tertiary/aromatic N) is 2. The van der Waals surface area contributed by atoms with Crippen molar-refractivity contribution in [3.63, 3.8) is 0 Å². The van der Waals surface area contributed by atoms with E-state index in [2.05, 4.69) is 0 Å². The van der Waals surface area contributed by atoms with Crippen molar-refractivity contribution in [1.82, 2.24) is 9.80 Å². The molecule has 0 saturated heterocycles. The highest BCUT2D eigenvalue weighted by Gasteiger charge is 2.26. The lowest BCUT2D eigenvalue weighted by Crippen LogP contribution is -2.44. The van der Waals surface area contributed by atoms with Gasteiger partial charge in [0.1, 0.15) is 6.10 Å². The van der Waals surface area contributed by atoms with Gasteiger partial charge in [0.2, 0.25) is 5.91 Å². The molecule has 1 aliphatic carbocycles. The maximum atomic E-state index is 12.0. The molecule has 0 N–H and O–H groups in total. The molecule has 0 heterocycles. The summed E-state index contributed by atoms with van der Waals surface area (Å²) in [5, 5.41) is 0. The van der Waals surface area contributed by atoms with Gasteiger partial charge in [-0.1, -0.05) is 0 Å². The summed E-state index contributed by atoms with van der Waals surface area (Å²) in [6, 6.07) is 0. The topological polar surface area (TPSA) is 49.9 Å². The van der Waals surface area contributed by atoms with E-state index in [1.165, 1.54) is 17.7 Å². The van der Waals surface area contributed by atoms with Gasteiger partial charge in [0.05, 0.1) is 13.2 Å². The van der Waals surface area contributed by atoms with E-state index in [9.17, 15) is 9.59 Å². The summed E-state index contributed by atoms with van der Waals surface area (Å²) in [6.45, 7) is 7.75. The number of carbonyl (C=O) groups excluding carboxylic acids is 2. The van der Waals surface area contributed by atoms with Gasteiger partial charge in [-0.3, -0.25) is 9.59 Å². The lowest BCUT2D eigenvalue weighted by molar-refractivity contribution is -0.146. The van der Waals surface area contributed by atoms with E-state index in [1.54, 1.807) is 18.9 Å². The number of amides is 2. The quantitative estimate of drug-likeness (QED) is 0.664. The second-order valence-corrected chi connectivity index (χ2v) is 5.18. The highest BCUT2D eigenvalue weighted by molar-refractivity contribution is 5.86. The average Bonchev–Trinajstić information content (AvgIpc) is 3.20. The molecule has 0 bridgehead atoms. The summed E-state index contributed by atoms with van der Waals surface area (Å²) < 4.78 is 5.53. The minimum atomic E-state index is -0.463. The van der Waals surface area contributed by atoms with Crippen LogP contribution in [0.25, 0.3) is 0 Å². The largest absolute Gasteiger partial charge is 0.368 e. The highest BCUT2D eigenvalue weighted by Crippen LogP contribution is 2.29. The maximum Gasteiger partial charge on any atom is 0.251 e. The first-order valence-corrected chi connectivity index (χ1v) is 7.13. The molecule has 110 valence electrons. The maximum absolute atomic E-state index is 12.0. The molecule has 0 spiro atoms. The first kappa shape index (κ1) is 16.0. The van der Waals surface area contributed by atoms with Crippen LogP contribution in [-0.4, -0.2) is 61.0 Å². The second kappa shape index (κ2) is 7.48. The van der Waals surface area contributed by atoms with Crippen molar-refractivity contribution in [2.24, 2.45) is 5.92 Å². The minimum Gasteiger partial charge on any atom is -0.368 e. The third-order valence-corrected chi connectivity index (χ3v) is 3.49. The minimum absolute atomic E-state index is 0.0183. The van der Waals surface area contributed by atoms with Crippen LogP contribution >= 0.6 is 0 Å². The molecule has 0 aromatic heterocycles. The molecule has 1 saturated carbocycles. The molecule has 19 heavy (non-hydrogen) atoms. The van der Waals surface area contributed by atoms with Crippen LogP contribution in [0.1, 0.15) is 33.6 Å². The lowest BCUT2D eigenvalue weighted by atomic mass is 10.3. The van der Waals surface area contributed by atoms with Crippen molar-refractivity contribution in [1.29, 1.82) is 0 Å². The van der Waals surface area contributed by atoms with Gasteiger partial charge in [0.25, 0.3) is 5.91 Å². The summed E-state index contributed by atoms with van der Waals surface area (Å²) in [4.78, 5) is 27.1. The first-order chi connectivity index (χ1) is 8.99. The fourth-order valence-corrected chi connectivity index (χ4v) is 1.90. The van der Waals surface area contributed by atoms with E-state index >= 15 is 0 Å². The zero-order chi connectivity index (χ0) is 14.4. The Labute approximate surface area is 115 Å². The van der Waals surface area contributed by atoms with E-state index in [-0.39, 0.29) is 18.4 Å².